The highest BCUT2D eigenvalue weighted by molar-refractivity contribution is 5.80. The maximum atomic E-state index is 11.3. The van der Waals surface area contributed by atoms with Crippen LogP contribution in [0.1, 0.15) is 26.7 Å². The quantitative estimate of drug-likeness (QED) is 0.400. The van der Waals surface area contributed by atoms with E-state index in [1.54, 1.807) is 0 Å². The number of hydrogen-bond donors (Lipinski definition) is 3. The van der Waals surface area contributed by atoms with Crippen LogP contribution in [-0.4, -0.2) is 37.5 Å². The van der Waals surface area contributed by atoms with Gasteiger partial charge in [-0.1, -0.05) is 12.8 Å². The fourth-order valence-corrected chi connectivity index (χ4v) is 1.08. The molecule has 0 aliphatic carbocycles. The zero-order valence-electron chi connectivity index (χ0n) is 10.5. The number of amides is 2. The van der Waals surface area contributed by atoms with Gasteiger partial charge in [0.05, 0.1) is 13.1 Å². The van der Waals surface area contributed by atoms with Crippen molar-refractivity contribution in [1.82, 2.24) is 16.0 Å². The molecule has 0 spiro atoms. The van der Waals surface area contributed by atoms with Crippen molar-refractivity contribution in [2.75, 3.05) is 19.6 Å². The van der Waals surface area contributed by atoms with Gasteiger partial charge < -0.3 is 10.6 Å². The lowest BCUT2D eigenvalue weighted by Gasteiger charge is -2.11. The summed E-state index contributed by atoms with van der Waals surface area (Å²) in [7, 11) is 0. The Kier molecular flexibility index (Phi) is 8.79. The molecule has 0 radical (unpaired) electrons. The summed E-state index contributed by atoms with van der Waals surface area (Å²) in [5.41, 5.74) is 0. The Morgan fingerprint density at radius 1 is 1.35 bits per heavy atom. The van der Waals surface area contributed by atoms with Crippen LogP contribution >= 0.6 is 0 Å². The van der Waals surface area contributed by atoms with E-state index in [2.05, 4.69) is 21.9 Å². The minimum atomic E-state index is -0.156. The van der Waals surface area contributed by atoms with Crippen molar-refractivity contribution in [3.63, 3.8) is 0 Å². The topological polar surface area (TPSA) is 70.2 Å². The molecule has 3 N–H and O–H groups in total. The van der Waals surface area contributed by atoms with E-state index in [1.807, 2.05) is 13.8 Å². The first-order valence-corrected chi connectivity index (χ1v) is 5.80. The number of carbonyl (C=O) groups is 2. The molecule has 0 saturated carbocycles. The normalized spacial score (nSPS) is 11.4. The van der Waals surface area contributed by atoms with Crippen LogP contribution in [0.4, 0.5) is 0 Å². The molecule has 5 nitrogen and oxygen atoms in total. The second-order valence-corrected chi connectivity index (χ2v) is 3.78. The van der Waals surface area contributed by atoms with E-state index in [4.69, 9.17) is 6.42 Å². The maximum Gasteiger partial charge on any atom is 0.233 e. The number of terminal acetylenes is 1. The van der Waals surface area contributed by atoms with Gasteiger partial charge in [0.1, 0.15) is 0 Å². The summed E-state index contributed by atoms with van der Waals surface area (Å²) < 4.78 is 0. The molecule has 0 aliphatic rings. The van der Waals surface area contributed by atoms with Crippen molar-refractivity contribution in [2.24, 2.45) is 0 Å². The molecule has 0 aromatic rings. The van der Waals surface area contributed by atoms with Gasteiger partial charge in [0.25, 0.3) is 0 Å². The number of carbonyl (C=O) groups excluding carboxylic acids is 2. The molecule has 96 valence electrons. The Morgan fingerprint density at radius 3 is 2.65 bits per heavy atom. The van der Waals surface area contributed by atoms with Crippen LogP contribution in [0.5, 0.6) is 0 Å². The summed E-state index contributed by atoms with van der Waals surface area (Å²) in [6.07, 6.45) is 6.21. The highest BCUT2D eigenvalue weighted by atomic mass is 16.2. The smallest absolute Gasteiger partial charge is 0.233 e. The van der Waals surface area contributed by atoms with Gasteiger partial charge in [0, 0.05) is 19.0 Å². The molecule has 0 aliphatic heterocycles. The standard InChI is InChI=1S/C12H21N3O2/c1-4-7-13-9-12(17)14-8-6-11(16)15-10(3)5-2/h1,10,13H,5-9H2,2-3H3,(H,14,17)(H,15,16). The molecule has 1 unspecified atom stereocenters. The second-order valence-electron chi connectivity index (χ2n) is 3.78. The highest BCUT2D eigenvalue weighted by Gasteiger charge is 2.06. The van der Waals surface area contributed by atoms with Gasteiger partial charge in [0.2, 0.25) is 11.8 Å². The Morgan fingerprint density at radius 2 is 2.06 bits per heavy atom. The molecular weight excluding hydrogens is 218 g/mol. The van der Waals surface area contributed by atoms with Gasteiger partial charge in [-0.3, -0.25) is 14.9 Å². The zero-order chi connectivity index (χ0) is 13.1. The van der Waals surface area contributed by atoms with E-state index in [0.717, 1.165) is 6.42 Å². The third-order valence-corrected chi connectivity index (χ3v) is 2.21. The van der Waals surface area contributed by atoms with Crippen LogP contribution in [0.3, 0.4) is 0 Å². The van der Waals surface area contributed by atoms with Gasteiger partial charge in [-0.2, -0.15) is 0 Å². The third kappa shape index (κ3) is 9.39. The van der Waals surface area contributed by atoms with Gasteiger partial charge >= 0.3 is 0 Å². The van der Waals surface area contributed by atoms with Crippen molar-refractivity contribution >= 4 is 11.8 Å². The van der Waals surface area contributed by atoms with E-state index < -0.39 is 0 Å². The summed E-state index contributed by atoms with van der Waals surface area (Å²) in [6, 6.07) is 0.176. The molecular formula is C12H21N3O2. The van der Waals surface area contributed by atoms with Crippen molar-refractivity contribution in [3.8, 4) is 12.3 Å². The number of hydrogen-bond acceptors (Lipinski definition) is 3. The fourth-order valence-electron chi connectivity index (χ4n) is 1.08. The minimum Gasteiger partial charge on any atom is -0.354 e. The minimum absolute atomic E-state index is 0.0452. The maximum absolute atomic E-state index is 11.3. The third-order valence-electron chi connectivity index (χ3n) is 2.21. The van der Waals surface area contributed by atoms with Crippen molar-refractivity contribution in [2.45, 2.75) is 32.7 Å². The lowest BCUT2D eigenvalue weighted by atomic mass is 10.2. The molecule has 1 atom stereocenters. The summed E-state index contributed by atoms with van der Waals surface area (Å²) >= 11 is 0. The van der Waals surface area contributed by atoms with E-state index >= 15 is 0 Å². The number of rotatable bonds is 8. The van der Waals surface area contributed by atoms with E-state index in [9.17, 15) is 9.59 Å². The molecule has 0 aromatic carbocycles. The monoisotopic (exact) mass is 239 g/mol. The van der Waals surface area contributed by atoms with Gasteiger partial charge in [-0.25, -0.2) is 0 Å². The van der Waals surface area contributed by atoms with Crippen LogP contribution in [-0.2, 0) is 9.59 Å². The summed E-state index contributed by atoms with van der Waals surface area (Å²) in [5, 5.41) is 8.22. The van der Waals surface area contributed by atoms with Crippen molar-refractivity contribution in [1.29, 1.82) is 0 Å². The Bertz CT molecular complexity index is 284. The molecule has 0 rings (SSSR count). The lowest BCUT2D eigenvalue weighted by Crippen LogP contribution is -2.38. The van der Waals surface area contributed by atoms with E-state index in [1.165, 1.54) is 0 Å². The first-order chi connectivity index (χ1) is 8.10. The van der Waals surface area contributed by atoms with Crippen LogP contribution < -0.4 is 16.0 Å². The Hall–Kier alpha value is -1.54. The summed E-state index contributed by atoms with van der Waals surface area (Å²) in [4.78, 5) is 22.6. The van der Waals surface area contributed by atoms with E-state index in [-0.39, 0.29) is 24.4 Å². The average molecular weight is 239 g/mol. The summed E-state index contributed by atoms with van der Waals surface area (Å²) in [5.74, 6) is 2.17. The predicted molar refractivity (Wildman–Crippen MR) is 67.2 cm³/mol. The molecule has 0 heterocycles. The van der Waals surface area contributed by atoms with Crippen molar-refractivity contribution in [3.05, 3.63) is 0 Å². The summed E-state index contributed by atoms with van der Waals surface area (Å²) in [6.45, 7) is 4.84. The number of nitrogens with one attached hydrogen (secondary N) is 3. The van der Waals surface area contributed by atoms with Crippen LogP contribution in [0.25, 0.3) is 0 Å². The first kappa shape index (κ1) is 15.5. The van der Waals surface area contributed by atoms with Gasteiger partial charge in [-0.05, 0) is 13.3 Å². The molecule has 2 amide bonds. The SMILES string of the molecule is C#CCNCC(=O)NCCC(=O)NC(C)CC. The van der Waals surface area contributed by atoms with Gasteiger partial charge in [-0.15, -0.1) is 6.42 Å². The molecule has 5 heteroatoms. The highest BCUT2D eigenvalue weighted by Crippen LogP contribution is 1.88. The fraction of sp³-hybridized carbons (Fsp3) is 0.667. The zero-order valence-corrected chi connectivity index (χ0v) is 10.5. The van der Waals surface area contributed by atoms with Crippen LogP contribution in [0, 0.1) is 12.3 Å². The molecule has 0 fully saturated rings. The van der Waals surface area contributed by atoms with E-state index in [0.29, 0.717) is 19.5 Å². The first-order valence-electron chi connectivity index (χ1n) is 5.80. The van der Waals surface area contributed by atoms with Crippen LogP contribution in [0.2, 0.25) is 0 Å². The Labute approximate surface area is 103 Å². The molecule has 0 bridgehead atoms. The van der Waals surface area contributed by atoms with Gasteiger partial charge in [0.15, 0.2) is 0 Å². The molecule has 0 aromatic heterocycles. The molecule has 0 saturated heterocycles. The molecule has 17 heavy (non-hydrogen) atoms. The second kappa shape index (κ2) is 9.67. The van der Waals surface area contributed by atoms with Crippen LogP contribution in [0.15, 0.2) is 0 Å². The largest absolute Gasteiger partial charge is 0.354 e. The predicted octanol–water partition coefficient (Wildman–Crippen LogP) is -0.370. The lowest BCUT2D eigenvalue weighted by molar-refractivity contribution is -0.122. The Balaban J connectivity index is 3.53. The average Bonchev–Trinajstić information content (AvgIpc) is 2.29. The van der Waals surface area contributed by atoms with Crippen molar-refractivity contribution < 1.29 is 9.59 Å².